The summed E-state index contributed by atoms with van der Waals surface area (Å²) in [5, 5.41) is 6.59. The van der Waals surface area contributed by atoms with E-state index in [9.17, 15) is 0 Å². The van der Waals surface area contributed by atoms with Crippen LogP contribution >= 0.6 is 35.3 Å². The van der Waals surface area contributed by atoms with Gasteiger partial charge in [0.25, 0.3) is 0 Å². The van der Waals surface area contributed by atoms with E-state index < -0.39 is 0 Å². The molecular formula is C16H23IN4OS. The van der Waals surface area contributed by atoms with Crippen molar-refractivity contribution in [2.45, 2.75) is 26.9 Å². The predicted octanol–water partition coefficient (Wildman–Crippen LogP) is 3.33. The highest BCUT2D eigenvalue weighted by molar-refractivity contribution is 14.0. The van der Waals surface area contributed by atoms with Crippen molar-refractivity contribution < 1.29 is 4.74 Å². The molecule has 0 radical (unpaired) electrons. The van der Waals surface area contributed by atoms with Crippen molar-refractivity contribution in [2.24, 2.45) is 4.99 Å². The molecule has 126 valence electrons. The number of aliphatic imine (C=N–C) groups is 1. The number of hydrogen-bond donors (Lipinski definition) is 2. The van der Waals surface area contributed by atoms with Gasteiger partial charge in [-0.05, 0) is 32.0 Å². The van der Waals surface area contributed by atoms with Gasteiger partial charge in [-0.3, -0.25) is 4.99 Å². The molecule has 0 aliphatic carbocycles. The van der Waals surface area contributed by atoms with Crippen molar-refractivity contribution in [3.8, 4) is 5.88 Å². The van der Waals surface area contributed by atoms with Crippen LogP contribution < -0.4 is 15.4 Å². The Morgan fingerprint density at radius 3 is 2.70 bits per heavy atom. The first-order valence-electron chi connectivity index (χ1n) is 7.29. The molecule has 2 heterocycles. The van der Waals surface area contributed by atoms with Crippen LogP contribution in [0.3, 0.4) is 0 Å². The summed E-state index contributed by atoms with van der Waals surface area (Å²) in [6, 6.07) is 8.17. The maximum absolute atomic E-state index is 5.53. The van der Waals surface area contributed by atoms with Gasteiger partial charge in [0.15, 0.2) is 5.96 Å². The predicted molar refractivity (Wildman–Crippen MR) is 107 cm³/mol. The van der Waals surface area contributed by atoms with Gasteiger partial charge in [0, 0.05) is 35.1 Å². The Morgan fingerprint density at radius 2 is 2.04 bits per heavy atom. The van der Waals surface area contributed by atoms with E-state index in [1.807, 2.05) is 19.1 Å². The summed E-state index contributed by atoms with van der Waals surface area (Å²) in [5.41, 5.74) is 1.01. The standard InChI is InChI=1S/C16H22N4OS.HI/c1-4-21-15-13(6-5-9-18-15)10-19-16(17-3)20-11-14-8-7-12(2)22-14;/h5-9H,4,10-11H2,1-3H3,(H2,17,19,20);1H. The number of nitrogens with zero attached hydrogens (tertiary/aromatic N) is 2. The second-order valence-corrected chi connectivity index (χ2v) is 6.06. The molecule has 2 rings (SSSR count). The fraction of sp³-hybridized carbons (Fsp3) is 0.375. The van der Waals surface area contributed by atoms with Crippen molar-refractivity contribution in [1.82, 2.24) is 15.6 Å². The Balaban J connectivity index is 0.00000264. The van der Waals surface area contributed by atoms with Crippen LogP contribution in [0, 0.1) is 6.92 Å². The van der Waals surface area contributed by atoms with Gasteiger partial charge in [-0.1, -0.05) is 6.07 Å². The molecule has 0 saturated heterocycles. The first kappa shape index (κ1) is 19.7. The molecule has 5 nitrogen and oxygen atoms in total. The van der Waals surface area contributed by atoms with Crippen molar-refractivity contribution in [2.75, 3.05) is 13.7 Å². The number of aryl methyl sites for hydroxylation is 1. The molecule has 0 atom stereocenters. The number of rotatable bonds is 6. The Hall–Kier alpha value is -1.35. The van der Waals surface area contributed by atoms with Gasteiger partial charge < -0.3 is 15.4 Å². The molecule has 0 aromatic carbocycles. The molecule has 0 amide bonds. The molecule has 2 aromatic rings. The molecule has 0 fully saturated rings. The lowest BCUT2D eigenvalue weighted by atomic mass is 10.2. The molecular weight excluding hydrogens is 423 g/mol. The highest BCUT2D eigenvalue weighted by Gasteiger charge is 2.05. The molecule has 23 heavy (non-hydrogen) atoms. The third-order valence-electron chi connectivity index (χ3n) is 3.03. The first-order valence-corrected chi connectivity index (χ1v) is 8.11. The highest BCUT2D eigenvalue weighted by Crippen LogP contribution is 2.15. The summed E-state index contributed by atoms with van der Waals surface area (Å²) >= 11 is 1.79. The lowest BCUT2D eigenvalue weighted by Gasteiger charge is -2.13. The zero-order chi connectivity index (χ0) is 15.8. The summed E-state index contributed by atoms with van der Waals surface area (Å²) < 4.78 is 5.53. The molecule has 2 N–H and O–H groups in total. The zero-order valence-corrected chi connectivity index (χ0v) is 16.8. The van der Waals surface area contributed by atoms with Gasteiger partial charge in [0.1, 0.15) is 0 Å². The van der Waals surface area contributed by atoms with Crippen LogP contribution in [0.2, 0.25) is 0 Å². The van der Waals surface area contributed by atoms with Gasteiger partial charge in [-0.25, -0.2) is 4.98 Å². The van der Waals surface area contributed by atoms with E-state index in [-0.39, 0.29) is 24.0 Å². The summed E-state index contributed by atoms with van der Waals surface area (Å²) in [6.45, 7) is 6.05. The van der Waals surface area contributed by atoms with E-state index in [2.05, 4.69) is 39.7 Å². The lowest BCUT2D eigenvalue weighted by Crippen LogP contribution is -2.36. The smallest absolute Gasteiger partial charge is 0.218 e. The molecule has 0 aliphatic heterocycles. The third kappa shape index (κ3) is 6.34. The quantitative estimate of drug-likeness (QED) is 0.406. The maximum atomic E-state index is 5.53. The fourth-order valence-corrected chi connectivity index (χ4v) is 2.81. The van der Waals surface area contributed by atoms with E-state index in [1.54, 1.807) is 24.6 Å². The Labute approximate surface area is 158 Å². The minimum Gasteiger partial charge on any atom is -0.478 e. The van der Waals surface area contributed by atoms with Crippen molar-refractivity contribution in [3.63, 3.8) is 0 Å². The first-order chi connectivity index (χ1) is 10.7. The number of thiophene rings is 1. The van der Waals surface area contributed by atoms with E-state index in [1.165, 1.54) is 9.75 Å². The van der Waals surface area contributed by atoms with Crippen molar-refractivity contribution in [3.05, 3.63) is 45.8 Å². The SMILES string of the molecule is CCOc1ncccc1CNC(=NC)NCc1ccc(C)s1.I. The van der Waals surface area contributed by atoms with E-state index in [0.717, 1.165) is 18.1 Å². The zero-order valence-electron chi connectivity index (χ0n) is 13.6. The normalized spacial score (nSPS) is 10.8. The molecule has 2 aromatic heterocycles. The largest absolute Gasteiger partial charge is 0.478 e. The van der Waals surface area contributed by atoms with Crippen LogP contribution in [-0.4, -0.2) is 24.6 Å². The topological polar surface area (TPSA) is 58.5 Å². The summed E-state index contributed by atoms with van der Waals surface area (Å²) in [5.74, 6) is 1.43. The van der Waals surface area contributed by atoms with Crippen molar-refractivity contribution >= 4 is 41.3 Å². The fourth-order valence-electron chi connectivity index (χ4n) is 1.98. The number of pyridine rings is 1. The van der Waals surface area contributed by atoms with E-state index in [4.69, 9.17) is 4.74 Å². The average molecular weight is 446 g/mol. The molecule has 7 heteroatoms. The van der Waals surface area contributed by atoms with Crippen LogP contribution in [0.15, 0.2) is 35.5 Å². The molecule has 0 bridgehead atoms. The number of nitrogens with one attached hydrogen (secondary N) is 2. The van der Waals surface area contributed by atoms with Crippen LogP contribution in [0.25, 0.3) is 0 Å². The second-order valence-electron chi connectivity index (χ2n) is 4.69. The second kappa shape index (κ2) is 10.4. The summed E-state index contributed by atoms with van der Waals surface area (Å²) in [6.07, 6.45) is 1.74. The monoisotopic (exact) mass is 446 g/mol. The molecule has 0 aliphatic rings. The summed E-state index contributed by atoms with van der Waals surface area (Å²) in [7, 11) is 1.77. The molecule has 0 saturated carbocycles. The number of guanidine groups is 1. The van der Waals surface area contributed by atoms with Crippen LogP contribution in [0.5, 0.6) is 5.88 Å². The Morgan fingerprint density at radius 1 is 1.26 bits per heavy atom. The van der Waals surface area contributed by atoms with Gasteiger partial charge in [-0.15, -0.1) is 35.3 Å². The third-order valence-corrected chi connectivity index (χ3v) is 4.03. The Bertz CT molecular complexity index is 630. The number of halogens is 1. The number of ether oxygens (including phenoxy) is 1. The van der Waals surface area contributed by atoms with Crippen LogP contribution in [-0.2, 0) is 13.1 Å². The van der Waals surface area contributed by atoms with Gasteiger partial charge in [0.2, 0.25) is 5.88 Å². The van der Waals surface area contributed by atoms with Crippen LogP contribution in [0.1, 0.15) is 22.2 Å². The van der Waals surface area contributed by atoms with Crippen molar-refractivity contribution in [1.29, 1.82) is 0 Å². The average Bonchev–Trinajstić information content (AvgIpc) is 2.95. The van der Waals surface area contributed by atoms with Gasteiger partial charge in [-0.2, -0.15) is 0 Å². The lowest BCUT2D eigenvalue weighted by molar-refractivity contribution is 0.322. The molecule has 0 spiro atoms. The Kier molecular flexibility index (Phi) is 8.93. The maximum Gasteiger partial charge on any atom is 0.218 e. The van der Waals surface area contributed by atoms with E-state index >= 15 is 0 Å². The van der Waals surface area contributed by atoms with Gasteiger partial charge >= 0.3 is 0 Å². The highest BCUT2D eigenvalue weighted by atomic mass is 127. The number of hydrogen-bond acceptors (Lipinski definition) is 4. The van der Waals surface area contributed by atoms with Crippen LogP contribution in [0.4, 0.5) is 0 Å². The minimum absolute atomic E-state index is 0. The van der Waals surface area contributed by atoms with Gasteiger partial charge in [0.05, 0.1) is 13.2 Å². The minimum atomic E-state index is 0. The summed E-state index contributed by atoms with van der Waals surface area (Å²) in [4.78, 5) is 11.1. The number of aromatic nitrogens is 1. The van der Waals surface area contributed by atoms with E-state index in [0.29, 0.717) is 19.0 Å². The molecule has 0 unspecified atom stereocenters.